The van der Waals surface area contributed by atoms with E-state index >= 15 is 0 Å². The zero-order valence-corrected chi connectivity index (χ0v) is 25.2. The Morgan fingerprint density at radius 3 is 2.33 bits per heavy atom. The maximum Gasteiger partial charge on any atom is 0.264 e. The lowest BCUT2D eigenvalue weighted by Gasteiger charge is -2.32. The first kappa shape index (κ1) is 31.0. The van der Waals surface area contributed by atoms with E-state index in [0.717, 1.165) is 20.3 Å². The Bertz CT molecular complexity index is 1410. The fourth-order valence-electron chi connectivity index (χ4n) is 4.24. The summed E-state index contributed by atoms with van der Waals surface area (Å²) in [6.45, 7) is 7.54. The lowest BCUT2D eigenvalue weighted by Crippen LogP contribution is -2.51. The molecular weight excluding hydrogens is 546 g/mol. The number of amides is 2. The second-order valence-corrected chi connectivity index (χ2v) is 11.9. The van der Waals surface area contributed by atoms with Gasteiger partial charge >= 0.3 is 0 Å². The zero-order valence-electron chi connectivity index (χ0n) is 23.6. The number of carbonyl (C=O) groups is 2. The van der Waals surface area contributed by atoms with Gasteiger partial charge in [-0.25, -0.2) is 8.42 Å². The van der Waals surface area contributed by atoms with Gasteiger partial charge in [-0.2, -0.15) is 0 Å². The number of hydrogen-bond acceptors (Lipinski definition) is 6. The molecule has 0 aromatic heterocycles. The molecule has 0 spiro atoms. The molecule has 1 atom stereocenters. The molecule has 3 aromatic rings. The average molecular weight is 584 g/mol. The fraction of sp³-hybridized carbons (Fsp3) is 0.333. The van der Waals surface area contributed by atoms with Crippen LogP contribution < -0.4 is 14.4 Å². The number of anilines is 1. The predicted octanol–water partition coefficient (Wildman–Crippen LogP) is 4.86. The highest BCUT2D eigenvalue weighted by Crippen LogP contribution is 2.33. The third kappa shape index (κ3) is 7.57. The van der Waals surface area contributed by atoms with Gasteiger partial charge in [0.2, 0.25) is 11.8 Å². The normalized spacial score (nSPS) is 11.9. The Kier molecular flexibility index (Phi) is 11.0. The summed E-state index contributed by atoms with van der Waals surface area (Å²) in [5, 5.41) is 2.77. The van der Waals surface area contributed by atoms with Gasteiger partial charge in [0.05, 0.1) is 17.2 Å². The van der Waals surface area contributed by atoms with Crippen LogP contribution in [0.15, 0.2) is 82.6 Å². The number of likely N-dealkylation sites (N-methyl/N-ethyl adjacent to an activating group) is 1. The second-order valence-electron chi connectivity index (χ2n) is 9.17. The molecule has 0 saturated heterocycles. The van der Waals surface area contributed by atoms with Crippen molar-refractivity contribution in [3.8, 4) is 5.75 Å². The van der Waals surface area contributed by atoms with Crippen molar-refractivity contribution in [1.29, 1.82) is 0 Å². The molecule has 8 nitrogen and oxygen atoms in total. The monoisotopic (exact) mass is 583 g/mol. The first-order valence-corrected chi connectivity index (χ1v) is 15.8. The van der Waals surface area contributed by atoms with Gasteiger partial charge in [0, 0.05) is 18.0 Å². The largest absolute Gasteiger partial charge is 0.492 e. The van der Waals surface area contributed by atoms with Crippen molar-refractivity contribution in [1.82, 2.24) is 10.2 Å². The predicted molar refractivity (Wildman–Crippen MR) is 160 cm³/mol. The number of rotatable bonds is 13. The van der Waals surface area contributed by atoms with E-state index in [9.17, 15) is 18.0 Å². The van der Waals surface area contributed by atoms with E-state index in [2.05, 4.69) is 5.32 Å². The third-order valence-corrected chi connectivity index (χ3v) is 8.83. The first-order chi connectivity index (χ1) is 19.1. The summed E-state index contributed by atoms with van der Waals surface area (Å²) >= 11 is 1.50. The van der Waals surface area contributed by atoms with Crippen LogP contribution in [-0.2, 0) is 26.2 Å². The minimum absolute atomic E-state index is 0.0476. The van der Waals surface area contributed by atoms with Crippen LogP contribution in [0.5, 0.6) is 5.75 Å². The van der Waals surface area contributed by atoms with Gasteiger partial charge in [0.25, 0.3) is 10.0 Å². The zero-order chi connectivity index (χ0) is 29.3. The van der Waals surface area contributed by atoms with Gasteiger partial charge < -0.3 is 15.0 Å². The number of carbonyl (C=O) groups excluding carboxylic acids is 2. The Balaban J connectivity index is 2.09. The number of aryl methyl sites for hydroxylation is 1. The van der Waals surface area contributed by atoms with E-state index in [4.69, 9.17) is 4.74 Å². The van der Waals surface area contributed by atoms with E-state index < -0.39 is 28.5 Å². The Morgan fingerprint density at radius 2 is 1.70 bits per heavy atom. The number of hydrogen-bond donors (Lipinski definition) is 1. The topological polar surface area (TPSA) is 96.0 Å². The number of benzene rings is 3. The molecule has 0 radical (unpaired) electrons. The summed E-state index contributed by atoms with van der Waals surface area (Å²) in [5.74, 6) is -0.500. The molecule has 0 unspecified atom stereocenters. The molecule has 3 aromatic carbocycles. The minimum Gasteiger partial charge on any atom is -0.492 e. The average Bonchev–Trinajstić information content (AvgIpc) is 2.95. The molecule has 0 aliphatic heterocycles. The van der Waals surface area contributed by atoms with Gasteiger partial charge in [-0.05, 0) is 75.9 Å². The molecular formula is C30H37N3O5S2. The number of sulfonamides is 1. The summed E-state index contributed by atoms with van der Waals surface area (Å²) in [6, 6.07) is 20.1. The molecule has 0 bridgehead atoms. The molecule has 10 heteroatoms. The van der Waals surface area contributed by atoms with Crippen LogP contribution >= 0.6 is 11.8 Å². The third-order valence-electron chi connectivity index (χ3n) is 6.31. The van der Waals surface area contributed by atoms with E-state index in [0.29, 0.717) is 18.9 Å². The van der Waals surface area contributed by atoms with Crippen LogP contribution in [0, 0.1) is 6.92 Å². The Labute approximate surface area is 241 Å². The van der Waals surface area contributed by atoms with Gasteiger partial charge in [0.1, 0.15) is 18.3 Å². The summed E-state index contributed by atoms with van der Waals surface area (Å²) in [7, 11) is -4.19. The van der Waals surface area contributed by atoms with Crippen molar-refractivity contribution in [3.05, 3.63) is 83.9 Å². The molecule has 1 N–H and O–H groups in total. The molecule has 0 aliphatic rings. The number of ether oxygens (including phenoxy) is 1. The van der Waals surface area contributed by atoms with Gasteiger partial charge in [0.15, 0.2) is 0 Å². The van der Waals surface area contributed by atoms with Crippen molar-refractivity contribution >= 4 is 39.3 Å². The molecule has 2 amide bonds. The molecule has 0 fully saturated rings. The van der Waals surface area contributed by atoms with Crippen molar-refractivity contribution in [2.24, 2.45) is 0 Å². The van der Waals surface area contributed by atoms with Crippen LogP contribution in [0.3, 0.4) is 0 Å². The van der Waals surface area contributed by atoms with Gasteiger partial charge in [-0.3, -0.25) is 13.9 Å². The highest BCUT2D eigenvalue weighted by Gasteiger charge is 2.33. The minimum atomic E-state index is -4.19. The highest BCUT2D eigenvalue weighted by molar-refractivity contribution is 7.98. The van der Waals surface area contributed by atoms with E-state index in [1.807, 2.05) is 37.4 Å². The van der Waals surface area contributed by atoms with Crippen molar-refractivity contribution in [2.45, 2.75) is 50.1 Å². The van der Waals surface area contributed by atoms with Crippen LogP contribution in [0.25, 0.3) is 0 Å². The van der Waals surface area contributed by atoms with Crippen LogP contribution in [0.1, 0.15) is 31.9 Å². The lowest BCUT2D eigenvalue weighted by atomic mass is 10.1. The number of nitrogens with zero attached hydrogens (tertiary/aromatic N) is 2. The maximum atomic E-state index is 14.1. The van der Waals surface area contributed by atoms with Crippen LogP contribution in [0.2, 0.25) is 0 Å². The Hall–Kier alpha value is -3.50. The van der Waals surface area contributed by atoms with Gasteiger partial charge in [-0.1, -0.05) is 42.0 Å². The van der Waals surface area contributed by atoms with Crippen LogP contribution in [-0.4, -0.2) is 57.1 Å². The highest BCUT2D eigenvalue weighted by atomic mass is 32.2. The SMILES string of the molecule is CCNC(=O)[C@H](C)N(Cc1cccc(C)c1)C(=O)CN(c1ccccc1OCC)S(=O)(=O)c1ccc(SC)cc1. The number of nitrogens with one attached hydrogen (secondary N) is 1. The standard InChI is InChI=1S/C30H37N3O5S2/c1-6-31-30(35)23(4)32(20-24-12-10-11-22(3)19-24)29(34)21-33(27-13-8-9-14-28(27)38-7-2)40(36,37)26-17-15-25(39-5)16-18-26/h8-19,23H,6-7,20-21H2,1-5H3,(H,31,35)/t23-/m0/s1. The van der Waals surface area contributed by atoms with E-state index in [-0.39, 0.29) is 23.0 Å². The van der Waals surface area contributed by atoms with E-state index in [1.54, 1.807) is 57.2 Å². The number of thioether (sulfide) groups is 1. The quantitative estimate of drug-likeness (QED) is 0.289. The smallest absolute Gasteiger partial charge is 0.264 e. The first-order valence-electron chi connectivity index (χ1n) is 13.1. The molecule has 0 saturated carbocycles. The van der Waals surface area contributed by atoms with Crippen molar-refractivity contribution < 1.29 is 22.7 Å². The van der Waals surface area contributed by atoms with Gasteiger partial charge in [-0.15, -0.1) is 11.8 Å². The van der Waals surface area contributed by atoms with Crippen LogP contribution in [0.4, 0.5) is 5.69 Å². The van der Waals surface area contributed by atoms with Crippen molar-refractivity contribution in [3.63, 3.8) is 0 Å². The maximum absolute atomic E-state index is 14.1. The number of para-hydroxylation sites is 2. The fourth-order valence-corrected chi connectivity index (χ4v) is 6.07. The van der Waals surface area contributed by atoms with Crippen molar-refractivity contribution in [2.75, 3.05) is 30.3 Å². The van der Waals surface area contributed by atoms with E-state index in [1.165, 1.54) is 28.8 Å². The molecule has 214 valence electrons. The second kappa shape index (κ2) is 14.2. The lowest BCUT2D eigenvalue weighted by molar-refractivity contribution is -0.139. The summed E-state index contributed by atoms with van der Waals surface area (Å²) in [4.78, 5) is 29.3. The Morgan fingerprint density at radius 1 is 1.00 bits per heavy atom. The molecule has 0 heterocycles. The molecule has 3 rings (SSSR count). The summed E-state index contributed by atoms with van der Waals surface area (Å²) in [6.07, 6.45) is 1.91. The summed E-state index contributed by atoms with van der Waals surface area (Å²) in [5.41, 5.74) is 2.09. The molecule has 40 heavy (non-hydrogen) atoms. The molecule has 0 aliphatic carbocycles. The summed E-state index contributed by atoms with van der Waals surface area (Å²) < 4.78 is 35.0.